The summed E-state index contributed by atoms with van der Waals surface area (Å²) in [6, 6.07) is 11.4. The third-order valence-corrected chi connectivity index (χ3v) is 4.27. The summed E-state index contributed by atoms with van der Waals surface area (Å²) < 4.78 is 0. The lowest BCUT2D eigenvalue weighted by Gasteiger charge is -2.32. The van der Waals surface area contributed by atoms with Gasteiger partial charge in [-0.2, -0.15) is 0 Å². The molecule has 0 saturated heterocycles. The molecule has 2 aromatic rings. The molecule has 1 aliphatic rings. The molecule has 0 aliphatic heterocycles. The van der Waals surface area contributed by atoms with E-state index >= 15 is 0 Å². The fourth-order valence-corrected chi connectivity index (χ4v) is 3.33. The second-order valence-electron chi connectivity index (χ2n) is 5.52. The second-order valence-corrected chi connectivity index (χ2v) is 5.52. The van der Waals surface area contributed by atoms with Crippen LogP contribution < -0.4 is 5.32 Å². The first-order chi connectivity index (χ1) is 9.38. The maximum Gasteiger partial charge on any atom is 0.0702 e. The van der Waals surface area contributed by atoms with Gasteiger partial charge in [0.15, 0.2) is 0 Å². The monoisotopic (exact) mass is 254 g/mol. The van der Waals surface area contributed by atoms with Crippen LogP contribution in [0.1, 0.15) is 44.1 Å². The van der Waals surface area contributed by atoms with Crippen LogP contribution in [0.15, 0.2) is 36.5 Å². The number of para-hydroxylation sites is 1. The minimum atomic E-state index is 0.627. The minimum Gasteiger partial charge on any atom is -0.314 e. The first-order valence-electron chi connectivity index (χ1n) is 7.46. The molecule has 1 N–H and O–H groups in total. The van der Waals surface area contributed by atoms with Crippen LogP contribution >= 0.6 is 0 Å². The summed E-state index contributed by atoms with van der Waals surface area (Å²) in [6.45, 7) is 3.26. The van der Waals surface area contributed by atoms with Crippen LogP contribution in [0.5, 0.6) is 0 Å². The van der Waals surface area contributed by atoms with Gasteiger partial charge in [-0.3, -0.25) is 4.98 Å². The highest BCUT2D eigenvalue weighted by Crippen LogP contribution is 2.33. The molecule has 100 valence electrons. The van der Waals surface area contributed by atoms with Crippen molar-refractivity contribution in [1.82, 2.24) is 10.3 Å². The molecule has 1 aromatic heterocycles. The number of hydrogen-bond donors (Lipinski definition) is 1. The maximum atomic E-state index is 4.62. The van der Waals surface area contributed by atoms with Gasteiger partial charge in [-0.15, -0.1) is 0 Å². The molecule has 3 rings (SSSR count). The topological polar surface area (TPSA) is 24.9 Å². The lowest BCUT2D eigenvalue weighted by Crippen LogP contribution is -2.37. The summed E-state index contributed by atoms with van der Waals surface area (Å²) in [6.07, 6.45) is 7.38. The number of aromatic nitrogens is 1. The van der Waals surface area contributed by atoms with Gasteiger partial charge in [0.25, 0.3) is 0 Å². The van der Waals surface area contributed by atoms with E-state index in [1.54, 1.807) is 0 Å². The van der Waals surface area contributed by atoms with Crippen LogP contribution in [0.2, 0.25) is 0 Å². The molecule has 2 atom stereocenters. The standard InChI is InChI=1S/C17H22N2/c1-2-18-17-10-6-4-8-15(17)14-11-13-7-3-5-9-16(13)19-12-14/h3,5,7,9,11-12,15,17-18H,2,4,6,8,10H2,1H3. The molecule has 1 aromatic carbocycles. The number of hydrogen-bond acceptors (Lipinski definition) is 2. The van der Waals surface area contributed by atoms with Gasteiger partial charge in [-0.05, 0) is 37.1 Å². The second kappa shape index (κ2) is 5.70. The van der Waals surface area contributed by atoms with Crippen LogP contribution in [-0.4, -0.2) is 17.6 Å². The molecule has 1 saturated carbocycles. The lowest BCUT2D eigenvalue weighted by molar-refractivity contribution is 0.332. The Labute approximate surface area is 115 Å². The van der Waals surface area contributed by atoms with E-state index in [9.17, 15) is 0 Å². The number of nitrogens with zero attached hydrogens (tertiary/aromatic N) is 1. The van der Waals surface area contributed by atoms with E-state index in [-0.39, 0.29) is 0 Å². The molecule has 1 heterocycles. The van der Waals surface area contributed by atoms with Gasteiger partial charge >= 0.3 is 0 Å². The van der Waals surface area contributed by atoms with Gasteiger partial charge in [0.1, 0.15) is 0 Å². The van der Waals surface area contributed by atoms with Crippen molar-refractivity contribution in [3.8, 4) is 0 Å². The smallest absolute Gasteiger partial charge is 0.0702 e. The van der Waals surface area contributed by atoms with Gasteiger partial charge in [-0.25, -0.2) is 0 Å². The molecular weight excluding hydrogens is 232 g/mol. The Morgan fingerprint density at radius 2 is 2.05 bits per heavy atom. The van der Waals surface area contributed by atoms with Gasteiger partial charge in [0.05, 0.1) is 5.52 Å². The third-order valence-electron chi connectivity index (χ3n) is 4.27. The molecule has 0 bridgehead atoms. The quantitative estimate of drug-likeness (QED) is 0.899. The van der Waals surface area contributed by atoms with Crippen LogP contribution in [-0.2, 0) is 0 Å². The summed E-state index contributed by atoms with van der Waals surface area (Å²) in [4.78, 5) is 4.62. The zero-order chi connectivity index (χ0) is 13.1. The number of pyridine rings is 1. The number of rotatable bonds is 3. The summed E-state index contributed by atoms with van der Waals surface area (Å²) in [5.41, 5.74) is 2.51. The molecule has 19 heavy (non-hydrogen) atoms. The van der Waals surface area contributed by atoms with Crippen LogP contribution in [0.3, 0.4) is 0 Å². The highest BCUT2D eigenvalue weighted by molar-refractivity contribution is 5.78. The highest BCUT2D eigenvalue weighted by atomic mass is 14.9. The fraction of sp³-hybridized carbons (Fsp3) is 0.471. The normalized spacial score (nSPS) is 23.6. The van der Waals surface area contributed by atoms with Crippen LogP contribution in [0, 0.1) is 0 Å². The van der Waals surface area contributed by atoms with E-state index in [0.29, 0.717) is 12.0 Å². The zero-order valence-corrected chi connectivity index (χ0v) is 11.6. The zero-order valence-electron chi connectivity index (χ0n) is 11.6. The Morgan fingerprint density at radius 3 is 2.95 bits per heavy atom. The van der Waals surface area contributed by atoms with E-state index in [1.807, 2.05) is 0 Å². The fourth-order valence-electron chi connectivity index (χ4n) is 3.33. The van der Waals surface area contributed by atoms with Crippen molar-refractivity contribution >= 4 is 10.9 Å². The van der Waals surface area contributed by atoms with E-state index in [4.69, 9.17) is 0 Å². The van der Waals surface area contributed by atoms with E-state index in [0.717, 1.165) is 12.1 Å². The number of benzene rings is 1. The SMILES string of the molecule is CCNC1CCCCC1c1cnc2ccccc2c1. The highest BCUT2D eigenvalue weighted by Gasteiger charge is 2.25. The predicted octanol–water partition coefficient (Wildman–Crippen LogP) is 3.87. The Bertz CT molecular complexity index is 548. The van der Waals surface area contributed by atoms with Crippen molar-refractivity contribution in [2.75, 3.05) is 6.54 Å². The molecule has 0 amide bonds. The van der Waals surface area contributed by atoms with Crippen molar-refractivity contribution in [1.29, 1.82) is 0 Å². The van der Waals surface area contributed by atoms with Crippen molar-refractivity contribution in [3.63, 3.8) is 0 Å². The van der Waals surface area contributed by atoms with Gasteiger partial charge in [0.2, 0.25) is 0 Å². The average molecular weight is 254 g/mol. The lowest BCUT2D eigenvalue weighted by atomic mass is 9.80. The Hall–Kier alpha value is -1.41. The van der Waals surface area contributed by atoms with Crippen molar-refractivity contribution in [2.24, 2.45) is 0 Å². The van der Waals surface area contributed by atoms with Crippen molar-refractivity contribution in [3.05, 3.63) is 42.1 Å². The number of likely N-dealkylation sites (N-methyl/N-ethyl adjacent to an activating group) is 1. The summed E-state index contributed by atoms with van der Waals surface area (Å²) in [5.74, 6) is 0.630. The largest absolute Gasteiger partial charge is 0.314 e. The first-order valence-corrected chi connectivity index (χ1v) is 7.46. The molecule has 2 nitrogen and oxygen atoms in total. The third kappa shape index (κ3) is 2.64. The van der Waals surface area contributed by atoms with E-state index < -0.39 is 0 Å². The maximum absolute atomic E-state index is 4.62. The Balaban J connectivity index is 1.92. The summed E-state index contributed by atoms with van der Waals surface area (Å²) in [5, 5.41) is 4.92. The van der Waals surface area contributed by atoms with Gasteiger partial charge in [0, 0.05) is 23.5 Å². The molecule has 0 radical (unpaired) electrons. The summed E-state index contributed by atoms with van der Waals surface area (Å²) >= 11 is 0. The molecule has 2 unspecified atom stereocenters. The molecule has 1 aliphatic carbocycles. The minimum absolute atomic E-state index is 0.627. The molecule has 1 fully saturated rings. The summed E-state index contributed by atoms with van der Waals surface area (Å²) in [7, 11) is 0. The Kier molecular flexibility index (Phi) is 3.79. The predicted molar refractivity (Wildman–Crippen MR) is 80.4 cm³/mol. The number of nitrogens with one attached hydrogen (secondary N) is 1. The number of fused-ring (bicyclic) bond motifs is 1. The molecular formula is C17H22N2. The molecule has 0 spiro atoms. The average Bonchev–Trinajstić information content (AvgIpc) is 2.48. The first kappa shape index (κ1) is 12.6. The van der Waals surface area contributed by atoms with Crippen molar-refractivity contribution < 1.29 is 0 Å². The van der Waals surface area contributed by atoms with E-state index in [2.05, 4.69) is 53.8 Å². The van der Waals surface area contributed by atoms with Gasteiger partial charge in [-0.1, -0.05) is 38.0 Å². The van der Waals surface area contributed by atoms with Crippen molar-refractivity contribution in [2.45, 2.75) is 44.6 Å². The Morgan fingerprint density at radius 1 is 1.21 bits per heavy atom. The van der Waals surface area contributed by atoms with E-state index in [1.165, 1.54) is 36.6 Å². The van der Waals surface area contributed by atoms with Gasteiger partial charge < -0.3 is 5.32 Å². The van der Waals surface area contributed by atoms with Crippen LogP contribution in [0.4, 0.5) is 0 Å². The molecule has 2 heteroatoms. The van der Waals surface area contributed by atoms with Crippen LogP contribution in [0.25, 0.3) is 10.9 Å².